The Morgan fingerprint density at radius 1 is 1.17 bits per heavy atom. The van der Waals surface area contributed by atoms with Crippen molar-refractivity contribution in [1.82, 2.24) is 10.3 Å². The number of hydrogen-bond acceptors (Lipinski definition) is 6. The first-order chi connectivity index (χ1) is 14.5. The number of hydrogen-bond donors (Lipinski definition) is 4. The van der Waals surface area contributed by atoms with Gasteiger partial charge in [-0.15, -0.1) is 0 Å². The topological polar surface area (TPSA) is 124 Å². The number of benzene rings is 2. The van der Waals surface area contributed by atoms with Gasteiger partial charge in [-0.05, 0) is 48.9 Å². The highest BCUT2D eigenvalue weighted by Gasteiger charge is 2.15. The van der Waals surface area contributed by atoms with Gasteiger partial charge in [0.05, 0.1) is 12.2 Å². The molecule has 0 unspecified atom stereocenters. The van der Waals surface area contributed by atoms with Crippen molar-refractivity contribution < 1.29 is 9.90 Å². The molecule has 0 aliphatic rings. The lowest BCUT2D eigenvalue weighted by atomic mass is 9.98. The molecule has 5 N–H and O–H groups in total. The number of rotatable bonds is 7. The van der Waals surface area contributed by atoms with Crippen LogP contribution in [-0.4, -0.2) is 29.1 Å². The first-order valence-electron chi connectivity index (χ1n) is 9.63. The number of pyridine rings is 1. The van der Waals surface area contributed by atoms with E-state index in [1.165, 1.54) is 0 Å². The van der Waals surface area contributed by atoms with Crippen LogP contribution in [0.5, 0.6) is 5.75 Å². The number of para-hydroxylation sites is 1. The number of carbonyl (C=O) groups is 1. The summed E-state index contributed by atoms with van der Waals surface area (Å²) in [5.74, 6) is -0.00245. The molecule has 0 saturated heterocycles. The molecule has 1 aromatic heterocycles. The van der Waals surface area contributed by atoms with Crippen molar-refractivity contribution in [2.75, 3.05) is 24.1 Å². The number of amides is 1. The summed E-state index contributed by atoms with van der Waals surface area (Å²) in [6.45, 7) is 3.02. The van der Waals surface area contributed by atoms with E-state index < -0.39 is 0 Å². The summed E-state index contributed by atoms with van der Waals surface area (Å²) in [6.07, 6.45) is 0.947. The van der Waals surface area contributed by atoms with Crippen LogP contribution in [0.2, 0.25) is 0 Å². The van der Waals surface area contributed by atoms with Crippen LogP contribution in [-0.2, 0) is 4.79 Å². The molecule has 0 spiro atoms. The van der Waals surface area contributed by atoms with E-state index in [1.807, 2.05) is 13.0 Å². The van der Waals surface area contributed by atoms with E-state index in [2.05, 4.69) is 21.7 Å². The second-order valence-electron chi connectivity index (χ2n) is 6.75. The lowest BCUT2D eigenvalue weighted by Gasteiger charge is -2.12. The average Bonchev–Trinajstić information content (AvgIpc) is 2.74. The molecule has 3 aromatic rings. The smallest absolute Gasteiger partial charge is 0.238 e. The van der Waals surface area contributed by atoms with E-state index in [-0.39, 0.29) is 29.6 Å². The minimum atomic E-state index is -0.148. The molecular weight excluding hydrogens is 378 g/mol. The van der Waals surface area contributed by atoms with Crippen molar-refractivity contribution in [2.24, 2.45) is 0 Å². The van der Waals surface area contributed by atoms with Gasteiger partial charge >= 0.3 is 0 Å². The standard InChI is InChI=1S/C23H23N5O2/c1-2-10-26-14-22(30)27-16-7-5-6-15(11-16)18-12-20(28-23(25)19(18)13-24)17-8-3-4-9-21(17)29/h3-9,11-12,26,29H,2,10,14H2,1H3,(H2,25,28)(H,27,30). The van der Waals surface area contributed by atoms with Crippen molar-refractivity contribution in [3.8, 4) is 34.2 Å². The van der Waals surface area contributed by atoms with E-state index in [0.29, 0.717) is 28.1 Å². The Kier molecular flexibility index (Phi) is 6.63. The van der Waals surface area contributed by atoms with E-state index in [4.69, 9.17) is 5.73 Å². The zero-order valence-electron chi connectivity index (χ0n) is 16.6. The lowest BCUT2D eigenvalue weighted by Crippen LogP contribution is -2.28. The maximum atomic E-state index is 12.1. The molecule has 0 atom stereocenters. The number of carbonyl (C=O) groups excluding carboxylic acids is 1. The number of aromatic nitrogens is 1. The number of aromatic hydroxyl groups is 1. The Balaban J connectivity index is 1.98. The normalized spacial score (nSPS) is 10.4. The SMILES string of the molecule is CCCNCC(=O)Nc1cccc(-c2cc(-c3ccccc3O)nc(N)c2C#N)c1. The highest BCUT2D eigenvalue weighted by Crippen LogP contribution is 2.35. The number of nitrogens with two attached hydrogens (primary N) is 1. The number of phenolic OH excluding ortho intramolecular Hbond substituents is 1. The quantitative estimate of drug-likeness (QED) is 0.449. The molecular formula is C23H23N5O2. The van der Waals surface area contributed by atoms with Crippen LogP contribution < -0.4 is 16.4 Å². The fourth-order valence-electron chi connectivity index (χ4n) is 3.09. The van der Waals surface area contributed by atoms with Crippen LogP contribution in [0, 0.1) is 11.3 Å². The summed E-state index contributed by atoms with van der Waals surface area (Å²) in [5, 5.41) is 25.7. The first kappa shape index (κ1) is 20.8. The summed E-state index contributed by atoms with van der Waals surface area (Å²) in [7, 11) is 0. The Labute approximate surface area is 175 Å². The molecule has 1 amide bonds. The van der Waals surface area contributed by atoms with Gasteiger partial charge in [-0.3, -0.25) is 4.79 Å². The zero-order valence-corrected chi connectivity index (χ0v) is 16.6. The number of phenols is 1. The van der Waals surface area contributed by atoms with Crippen molar-refractivity contribution >= 4 is 17.4 Å². The van der Waals surface area contributed by atoms with Crippen molar-refractivity contribution in [2.45, 2.75) is 13.3 Å². The fraction of sp³-hybridized carbons (Fsp3) is 0.174. The fourth-order valence-corrected chi connectivity index (χ4v) is 3.09. The largest absolute Gasteiger partial charge is 0.507 e. The summed E-state index contributed by atoms with van der Waals surface area (Å²) in [5.41, 5.74) is 9.15. The molecule has 30 heavy (non-hydrogen) atoms. The molecule has 0 radical (unpaired) electrons. The van der Waals surface area contributed by atoms with Gasteiger partial charge in [-0.25, -0.2) is 4.98 Å². The third-order valence-electron chi connectivity index (χ3n) is 4.51. The van der Waals surface area contributed by atoms with Crippen LogP contribution in [0.4, 0.5) is 11.5 Å². The van der Waals surface area contributed by atoms with Gasteiger partial charge < -0.3 is 21.5 Å². The van der Waals surface area contributed by atoms with Crippen molar-refractivity contribution in [1.29, 1.82) is 5.26 Å². The highest BCUT2D eigenvalue weighted by molar-refractivity contribution is 5.93. The second kappa shape index (κ2) is 9.54. The molecule has 1 heterocycles. The maximum Gasteiger partial charge on any atom is 0.238 e. The number of anilines is 2. The summed E-state index contributed by atoms with van der Waals surface area (Å²) >= 11 is 0. The number of nitriles is 1. The molecule has 0 aliphatic carbocycles. The Bertz CT molecular complexity index is 1100. The highest BCUT2D eigenvalue weighted by atomic mass is 16.3. The van der Waals surface area contributed by atoms with Crippen LogP contribution >= 0.6 is 0 Å². The third-order valence-corrected chi connectivity index (χ3v) is 4.51. The van der Waals surface area contributed by atoms with E-state index in [0.717, 1.165) is 13.0 Å². The predicted molar refractivity (Wildman–Crippen MR) is 118 cm³/mol. The zero-order chi connectivity index (χ0) is 21.5. The van der Waals surface area contributed by atoms with E-state index >= 15 is 0 Å². The minimum absolute atomic E-state index is 0.0700. The Hall–Kier alpha value is -3.89. The predicted octanol–water partition coefficient (Wildman–Crippen LogP) is 3.51. The number of nitrogens with zero attached hydrogens (tertiary/aromatic N) is 2. The Morgan fingerprint density at radius 2 is 1.97 bits per heavy atom. The Morgan fingerprint density at radius 3 is 2.70 bits per heavy atom. The molecule has 0 bridgehead atoms. The molecule has 2 aromatic carbocycles. The van der Waals surface area contributed by atoms with Gasteiger partial charge in [-0.1, -0.05) is 31.2 Å². The molecule has 0 fully saturated rings. The molecule has 3 rings (SSSR count). The van der Waals surface area contributed by atoms with Gasteiger partial charge in [0.25, 0.3) is 0 Å². The van der Waals surface area contributed by atoms with Crippen LogP contribution in [0.3, 0.4) is 0 Å². The van der Waals surface area contributed by atoms with Crippen LogP contribution in [0.1, 0.15) is 18.9 Å². The number of nitrogen functional groups attached to an aromatic ring is 1. The van der Waals surface area contributed by atoms with Crippen molar-refractivity contribution in [3.05, 3.63) is 60.2 Å². The van der Waals surface area contributed by atoms with Crippen LogP contribution in [0.15, 0.2) is 54.6 Å². The van der Waals surface area contributed by atoms with Crippen molar-refractivity contribution in [3.63, 3.8) is 0 Å². The summed E-state index contributed by atoms with van der Waals surface area (Å²) < 4.78 is 0. The first-order valence-corrected chi connectivity index (χ1v) is 9.63. The molecule has 7 heteroatoms. The maximum absolute atomic E-state index is 12.1. The molecule has 152 valence electrons. The third kappa shape index (κ3) is 4.74. The molecule has 0 saturated carbocycles. The summed E-state index contributed by atoms with van der Waals surface area (Å²) in [6, 6.07) is 17.8. The van der Waals surface area contributed by atoms with E-state index in [1.54, 1.807) is 48.5 Å². The van der Waals surface area contributed by atoms with Gasteiger partial charge in [-0.2, -0.15) is 5.26 Å². The molecule has 0 aliphatic heterocycles. The van der Waals surface area contributed by atoms with Crippen LogP contribution in [0.25, 0.3) is 22.4 Å². The van der Waals surface area contributed by atoms with Gasteiger partial charge in [0, 0.05) is 16.8 Å². The summed E-state index contributed by atoms with van der Waals surface area (Å²) in [4.78, 5) is 16.4. The monoisotopic (exact) mass is 401 g/mol. The lowest BCUT2D eigenvalue weighted by molar-refractivity contribution is -0.115. The van der Waals surface area contributed by atoms with Gasteiger partial charge in [0.1, 0.15) is 23.2 Å². The number of nitrogens with one attached hydrogen (secondary N) is 2. The average molecular weight is 401 g/mol. The minimum Gasteiger partial charge on any atom is -0.507 e. The van der Waals surface area contributed by atoms with E-state index in [9.17, 15) is 15.2 Å². The second-order valence-corrected chi connectivity index (χ2v) is 6.75. The molecule has 7 nitrogen and oxygen atoms in total. The van der Waals surface area contributed by atoms with Gasteiger partial charge in [0.2, 0.25) is 5.91 Å². The van der Waals surface area contributed by atoms with Gasteiger partial charge in [0.15, 0.2) is 0 Å².